The lowest BCUT2D eigenvalue weighted by molar-refractivity contribution is 0.0953. The van der Waals surface area contributed by atoms with Crippen molar-refractivity contribution in [3.63, 3.8) is 0 Å². The van der Waals surface area contributed by atoms with Gasteiger partial charge in [-0.2, -0.15) is 0 Å². The van der Waals surface area contributed by atoms with Crippen LogP contribution in [0.3, 0.4) is 0 Å². The van der Waals surface area contributed by atoms with Gasteiger partial charge in [0, 0.05) is 10.9 Å². The number of benzene rings is 2. The van der Waals surface area contributed by atoms with Gasteiger partial charge in [-0.15, -0.1) is 11.3 Å². The second-order valence-corrected chi connectivity index (χ2v) is 7.98. The molecule has 7 nitrogen and oxygen atoms in total. The first-order valence-electron chi connectivity index (χ1n) is 9.67. The number of hydrogen-bond donors (Lipinski definition) is 2. The molecule has 0 bridgehead atoms. The maximum Gasteiger partial charge on any atom is 0.257 e. The van der Waals surface area contributed by atoms with E-state index in [0.717, 1.165) is 16.1 Å². The van der Waals surface area contributed by atoms with Gasteiger partial charge < -0.3 is 15.8 Å². The number of methoxy groups -OCH3 is 1. The Morgan fingerprint density at radius 3 is 2.65 bits per heavy atom. The van der Waals surface area contributed by atoms with Gasteiger partial charge in [-0.25, -0.2) is 9.97 Å². The number of nitrogens with one attached hydrogen (secondary N) is 1. The minimum atomic E-state index is -0.290. The van der Waals surface area contributed by atoms with Crippen LogP contribution in [0.15, 0.2) is 66.0 Å². The molecule has 0 aliphatic heterocycles. The number of aromatic nitrogens is 3. The summed E-state index contributed by atoms with van der Waals surface area (Å²) >= 11 is 1.58. The molecule has 31 heavy (non-hydrogen) atoms. The zero-order valence-corrected chi connectivity index (χ0v) is 17.5. The molecule has 154 valence electrons. The van der Waals surface area contributed by atoms with Crippen molar-refractivity contribution in [2.75, 3.05) is 12.8 Å². The van der Waals surface area contributed by atoms with Crippen molar-refractivity contribution in [1.29, 1.82) is 0 Å². The quantitative estimate of drug-likeness (QED) is 0.438. The molecule has 0 fully saturated rings. The molecule has 3 aromatic heterocycles. The van der Waals surface area contributed by atoms with Crippen LogP contribution < -0.4 is 15.8 Å². The van der Waals surface area contributed by atoms with Crippen LogP contribution in [0, 0.1) is 0 Å². The summed E-state index contributed by atoms with van der Waals surface area (Å²) in [4.78, 5) is 23.8. The van der Waals surface area contributed by atoms with E-state index in [1.807, 2.05) is 66.0 Å². The highest BCUT2D eigenvalue weighted by atomic mass is 32.1. The van der Waals surface area contributed by atoms with Gasteiger partial charge in [0.05, 0.1) is 30.4 Å². The molecule has 1 amide bonds. The van der Waals surface area contributed by atoms with Crippen LogP contribution in [0.4, 0.5) is 5.82 Å². The van der Waals surface area contributed by atoms with E-state index >= 15 is 0 Å². The Kier molecular flexibility index (Phi) is 4.76. The predicted molar refractivity (Wildman–Crippen MR) is 123 cm³/mol. The average molecular weight is 430 g/mol. The third-order valence-corrected chi connectivity index (χ3v) is 5.92. The van der Waals surface area contributed by atoms with E-state index in [-0.39, 0.29) is 11.7 Å². The van der Waals surface area contributed by atoms with Crippen LogP contribution in [0.1, 0.15) is 15.2 Å². The molecule has 0 saturated heterocycles. The van der Waals surface area contributed by atoms with Crippen LogP contribution in [-0.4, -0.2) is 27.6 Å². The minimum Gasteiger partial charge on any atom is -0.497 e. The molecule has 0 aliphatic carbocycles. The molecule has 5 aromatic rings. The summed E-state index contributed by atoms with van der Waals surface area (Å²) in [5.74, 6) is 0.667. The molecule has 0 atom stereocenters. The second-order valence-electron chi connectivity index (χ2n) is 6.94. The van der Waals surface area contributed by atoms with Gasteiger partial charge in [0.2, 0.25) is 0 Å². The highest BCUT2D eigenvalue weighted by Gasteiger charge is 2.25. The number of carbonyl (C=O) groups is 1. The molecular formula is C23H19N5O2S. The molecule has 3 heterocycles. The molecule has 3 N–H and O–H groups in total. The van der Waals surface area contributed by atoms with Crippen molar-refractivity contribution >= 4 is 45.3 Å². The number of thiophene rings is 1. The van der Waals surface area contributed by atoms with Gasteiger partial charge in [-0.3, -0.25) is 9.36 Å². The van der Waals surface area contributed by atoms with E-state index in [1.165, 1.54) is 0 Å². The Hall–Kier alpha value is -3.91. The number of fused-ring (bicyclic) bond motifs is 2. The van der Waals surface area contributed by atoms with Crippen molar-refractivity contribution in [3.05, 3.63) is 76.5 Å². The molecule has 0 radical (unpaired) electrons. The number of amides is 1. The maximum absolute atomic E-state index is 13.2. The number of nitrogen functional groups attached to an aromatic ring is 1. The molecule has 2 aromatic carbocycles. The SMILES string of the molecule is COc1cccc(-n2c(N)c(C(=O)NCc3cccs3)c3nc4ccccc4nc32)c1. The van der Waals surface area contributed by atoms with Gasteiger partial charge in [-0.05, 0) is 35.7 Å². The van der Waals surface area contributed by atoms with E-state index in [1.54, 1.807) is 23.0 Å². The highest BCUT2D eigenvalue weighted by molar-refractivity contribution is 7.09. The average Bonchev–Trinajstić information content (AvgIpc) is 3.41. The van der Waals surface area contributed by atoms with Crippen LogP contribution in [-0.2, 0) is 6.54 Å². The van der Waals surface area contributed by atoms with E-state index in [2.05, 4.69) is 5.32 Å². The van der Waals surface area contributed by atoms with Gasteiger partial charge in [-0.1, -0.05) is 24.3 Å². The summed E-state index contributed by atoms with van der Waals surface area (Å²) in [6.45, 7) is 0.419. The van der Waals surface area contributed by atoms with E-state index in [9.17, 15) is 4.79 Å². The van der Waals surface area contributed by atoms with Crippen LogP contribution in [0.2, 0.25) is 0 Å². The molecule has 0 saturated carbocycles. The number of ether oxygens (including phenoxy) is 1. The summed E-state index contributed by atoms with van der Waals surface area (Å²) < 4.78 is 7.11. The molecule has 8 heteroatoms. The van der Waals surface area contributed by atoms with Crippen molar-refractivity contribution < 1.29 is 9.53 Å². The largest absolute Gasteiger partial charge is 0.497 e. The fourth-order valence-corrected chi connectivity index (χ4v) is 4.21. The third-order valence-electron chi connectivity index (χ3n) is 5.04. The van der Waals surface area contributed by atoms with Crippen molar-refractivity contribution in [2.45, 2.75) is 6.54 Å². The van der Waals surface area contributed by atoms with Gasteiger partial charge in [0.1, 0.15) is 22.6 Å². The summed E-state index contributed by atoms with van der Waals surface area (Å²) in [6.07, 6.45) is 0. The highest BCUT2D eigenvalue weighted by Crippen LogP contribution is 2.32. The Labute approximate surface area is 182 Å². The van der Waals surface area contributed by atoms with E-state index in [4.69, 9.17) is 20.4 Å². The van der Waals surface area contributed by atoms with Gasteiger partial charge >= 0.3 is 0 Å². The monoisotopic (exact) mass is 429 g/mol. The fourth-order valence-electron chi connectivity index (χ4n) is 3.57. The topological polar surface area (TPSA) is 95.1 Å². The van der Waals surface area contributed by atoms with E-state index in [0.29, 0.717) is 34.5 Å². The van der Waals surface area contributed by atoms with Gasteiger partial charge in [0.15, 0.2) is 5.65 Å². The van der Waals surface area contributed by atoms with E-state index < -0.39 is 0 Å². The van der Waals surface area contributed by atoms with Crippen LogP contribution in [0.25, 0.3) is 27.9 Å². The smallest absolute Gasteiger partial charge is 0.257 e. The van der Waals surface area contributed by atoms with Crippen molar-refractivity contribution in [2.24, 2.45) is 0 Å². The number of carbonyl (C=O) groups excluding carboxylic acids is 1. The summed E-state index contributed by atoms with van der Waals surface area (Å²) in [5.41, 5.74) is 9.99. The molecular weight excluding hydrogens is 410 g/mol. The zero-order valence-electron chi connectivity index (χ0n) is 16.7. The Bertz CT molecular complexity index is 1410. The number of para-hydroxylation sites is 2. The van der Waals surface area contributed by atoms with Crippen LogP contribution in [0.5, 0.6) is 5.75 Å². The Balaban J connectivity index is 1.71. The first-order valence-corrected chi connectivity index (χ1v) is 10.6. The van der Waals surface area contributed by atoms with Gasteiger partial charge in [0.25, 0.3) is 5.91 Å². The van der Waals surface area contributed by atoms with Crippen LogP contribution >= 0.6 is 11.3 Å². The Morgan fingerprint density at radius 1 is 1.10 bits per heavy atom. The number of anilines is 1. The molecule has 5 rings (SSSR count). The fraction of sp³-hybridized carbons (Fsp3) is 0.0870. The summed E-state index contributed by atoms with van der Waals surface area (Å²) in [6, 6.07) is 18.9. The number of nitrogens with two attached hydrogens (primary N) is 1. The first kappa shape index (κ1) is 19.1. The number of nitrogens with zero attached hydrogens (tertiary/aromatic N) is 3. The lowest BCUT2D eigenvalue weighted by atomic mass is 10.2. The zero-order chi connectivity index (χ0) is 21.4. The molecule has 0 spiro atoms. The third kappa shape index (κ3) is 3.36. The lowest BCUT2D eigenvalue weighted by Gasteiger charge is -2.09. The normalized spacial score (nSPS) is 11.1. The standard InChI is InChI=1S/C23H19N5O2S/c1-30-15-7-4-6-14(12-15)28-21(24)19(23(29)25-13-16-8-5-11-31-16)20-22(28)27-18-10-3-2-9-17(18)26-20/h2-12H,13,24H2,1H3,(H,25,29). The first-order chi connectivity index (χ1) is 15.2. The second kappa shape index (κ2) is 7.73. The summed E-state index contributed by atoms with van der Waals surface area (Å²) in [7, 11) is 1.60. The Morgan fingerprint density at radius 2 is 1.90 bits per heavy atom. The predicted octanol–water partition coefficient (Wildman–Crippen LogP) is 4.16. The number of hydrogen-bond acceptors (Lipinski definition) is 6. The minimum absolute atomic E-state index is 0.280. The number of rotatable bonds is 5. The maximum atomic E-state index is 13.2. The molecule has 0 unspecified atom stereocenters. The van der Waals surface area contributed by atoms with Crippen molar-refractivity contribution in [3.8, 4) is 11.4 Å². The lowest BCUT2D eigenvalue weighted by Crippen LogP contribution is -2.23. The molecule has 0 aliphatic rings. The van der Waals surface area contributed by atoms with Crippen molar-refractivity contribution in [1.82, 2.24) is 19.9 Å². The summed E-state index contributed by atoms with van der Waals surface area (Å²) in [5, 5.41) is 4.93.